The van der Waals surface area contributed by atoms with Crippen molar-refractivity contribution in [3.63, 3.8) is 0 Å². The number of rotatable bonds is 3. The summed E-state index contributed by atoms with van der Waals surface area (Å²) in [5, 5.41) is 11.4. The van der Waals surface area contributed by atoms with E-state index in [2.05, 4.69) is 18.7 Å². The molecule has 1 atom stereocenters. The van der Waals surface area contributed by atoms with E-state index in [1.165, 1.54) is 25.7 Å². The van der Waals surface area contributed by atoms with Crippen molar-refractivity contribution < 1.29 is 5.11 Å². The van der Waals surface area contributed by atoms with Crippen LogP contribution in [0, 0.1) is 5.41 Å². The van der Waals surface area contributed by atoms with E-state index < -0.39 is 5.60 Å². The van der Waals surface area contributed by atoms with Gasteiger partial charge in [0.1, 0.15) is 0 Å². The van der Waals surface area contributed by atoms with Crippen LogP contribution in [-0.4, -0.2) is 41.3 Å². The van der Waals surface area contributed by atoms with Crippen molar-refractivity contribution in [2.24, 2.45) is 11.1 Å². The first kappa shape index (κ1) is 16.3. The average Bonchev–Trinajstić information content (AvgIpc) is 2.78. The van der Waals surface area contributed by atoms with Crippen LogP contribution in [0.2, 0.25) is 0 Å². The van der Waals surface area contributed by atoms with Crippen molar-refractivity contribution in [2.45, 2.75) is 83.3 Å². The van der Waals surface area contributed by atoms with E-state index in [1.54, 1.807) is 0 Å². The molecule has 0 aromatic heterocycles. The molecule has 1 aliphatic carbocycles. The lowest BCUT2D eigenvalue weighted by atomic mass is 9.64. The smallest absolute Gasteiger partial charge is 0.0728 e. The second-order valence-electron chi connectivity index (χ2n) is 7.41. The maximum Gasteiger partial charge on any atom is 0.0728 e. The normalized spacial score (nSPS) is 32.9. The number of nitrogens with two attached hydrogens (primary N) is 1. The van der Waals surface area contributed by atoms with Crippen LogP contribution >= 0.6 is 0 Å². The molecule has 0 amide bonds. The highest BCUT2D eigenvalue weighted by atomic mass is 16.3. The molecule has 118 valence electrons. The van der Waals surface area contributed by atoms with Crippen molar-refractivity contribution in [3.8, 4) is 0 Å². The first-order valence-electron chi connectivity index (χ1n) is 8.69. The van der Waals surface area contributed by atoms with Gasteiger partial charge in [0.2, 0.25) is 0 Å². The Kier molecular flexibility index (Phi) is 5.49. The van der Waals surface area contributed by atoms with E-state index >= 15 is 0 Å². The van der Waals surface area contributed by atoms with Gasteiger partial charge in [0.05, 0.1) is 5.60 Å². The third-order valence-electron chi connectivity index (χ3n) is 6.02. The lowest BCUT2D eigenvalue weighted by molar-refractivity contribution is -0.0992. The Morgan fingerprint density at radius 1 is 0.950 bits per heavy atom. The van der Waals surface area contributed by atoms with E-state index in [-0.39, 0.29) is 5.41 Å². The fourth-order valence-corrected chi connectivity index (χ4v) is 4.45. The molecule has 0 spiro atoms. The van der Waals surface area contributed by atoms with Gasteiger partial charge < -0.3 is 15.7 Å². The molecule has 1 unspecified atom stereocenters. The Balaban J connectivity index is 2.14. The van der Waals surface area contributed by atoms with E-state index in [0.29, 0.717) is 12.6 Å². The van der Waals surface area contributed by atoms with Gasteiger partial charge in [0.25, 0.3) is 0 Å². The summed E-state index contributed by atoms with van der Waals surface area (Å²) in [7, 11) is 0. The van der Waals surface area contributed by atoms with E-state index in [4.69, 9.17) is 5.73 Å². The maximum absolute atomic E-state index is 11.4. The van der Waals surface area contributed by atoms with Gasteiger partial charge >= 0.3 is 0 Å². The summed E-state index contributed by atoms with van der Waals surface area (Å²) < 4.78 is 0. The Hall–Kier alpha value is -0.120. The topological polar surface area (TPSA) is 49.5 Å². The molecule has 2 rings (SSSR count). The molecule has 1 heterocycles. The van der Waals surface area contributed by atoms with Gasteiger partial charge in [-0.2, -0.15) is 0 Å². The Labute approximate surface area is 124 Å². The molecule has 3 heteroatoms. The molecule has 3 N–H and O–H groups in total. The summed E-state index contributed by atoms with van der Waals surface area (Å²) in [6, 6.07) is 0.584. The molecule has 20 heavy (non-hydrogen) atoms. The number of aliphatic hydroxyl groups is 1. The predicted molar refractivity (Wildman–Crippen MR) is 84.7 cm³/mol. The lowest BCUT2D eigenvalue weighted by Crippen LogP contribution is -2.53. The van der Waals surface area contributed by atoms with Crippen LogP contribution in [-0.2, 0) is 0 Å². The van der Waals surface area contributed by atoms with Gasteiger partial charge in [-0.1, -0.05) is 25.7 Å². The van der Waals surface area contributed by atoms with Crippen molar-refractivity contribution in [1.29, 1.82) is 0 Å². The monoisotopic (exact) mass is 282 g/mol. The van der Waals surface area contributed by atoms with Gasteiger partial charge in [0.15, 0.2) is 0 Å². The number of hydrogen-bond acceptors (Lipinski definition) is 3. The van der Waals surface area contributed by atoms with Crippen molar-refractivity contribution in [3.05, 3.63) is 0 Å². The predicted octanol–water partition coefficient (Wildman–Crippen LogP) is 2.91. The Bertz CT molecular complexity index is 297. The first-order valence-corrected chi connectivity index (χ1v) is 8.69. The second kappa shape index (κ2) is 6.76. The van der Waals surface area contributed by atoms with Crippen molar-refractivity contribution in [1.82, 2.24) is 4.90 Å². The molecule has 0 bridgehead atoms. The van der Waals surface area contributed by atoms with Crippen LogP contribution in [0.1, 0.15) is 71.6 Å². The fourth-order valence-electron chi connectivity index (χ4n) is 4.45. The standard InChI is InChI=1S/C17H34N2O/c1-15(2)19-12-7-10-17(20,11-13-19)16(14-18)8-5-3-4-6-9-16/h15,20H,3-14,18H2,1-2H3. The first-order chi connectivity index (χ1) is 9.53. The van der Waals surface area contributed by atoms with Crippen LogP contribution in [0.15, 0.2) is 0 Å². The quantitative estimate of drug-likeness (QED) is 0.783. The zero-order chi connectivity index (χ0) is 14.6. The molecule has 1 saturated carbocycles. The molecule has 3 nitrogen and oxygen atoms in total. The fraction of sp³-hybridized carbons (Fsp3) is 1.00. The number of likely N-dealkylation sites (tertiary alicyclic amines) is 1. The van der Waals surface area contributed by atoms with Crippen LogP contribution in [0.25, 0.3) is 0 Å². The number of nitrogens with zero attached hydrogens (tertiary/aromatic N) is 1. The van der Waals surface area contributed by atoms with Crippen LogP contribution in [0.5, 0.6) is 0 Å². The Morgan fingerprint density at radius 2 is 1.60 bits per heavy atom. The van der Waals surface area contributed by atoms with Gasteiger partial charge in [-0.3, -0.25) is 0 Å². The van der Waals surface area contributed by atoms with E-state index in [1.807, 2.05) is 0 Å². The van der Waals surface area contributed by atoms with E-state index in [9.17, 15) is 5.11 Å². The summed E-state index contributed by atoms with van der Waals surface area (Å²) >= 11 is 0. The van der Waals surface area contributed by atoms with Gasteiger partial charge in [-0.25, -0.2) is 0 Å². The zero-order valence-electron chi connectivity index (χ0n) is 13.5. The molecule has 1 aliphatic heterocycles. The number of hydrogen-bond donors (Lipinski definition) is 2. The van der Waals surface area contributed by atoms with Crippen molar-refractivity contribution in [2.75, 3.05) is 19.6 Å². The second-order valence-corrected chi connectivity index (χ2v) is 7.41. The third kappa shape index (κ3) is 3.20. The minimum absolute atomic E-state index is 0.0174. The minimum Gasteiger partial charge on any atom is -0.389 e. The molecular weight excluding hydrogens is 248 g/mol. The molecule has 1 saturated heterocycles. The largest absolute Gasteiger partial charge is 0.389 e. The molecular formula is C17H34N2O. The zero-order valence-corrected chi connectivity index (χ0v) is 13.5. The van der Waals surface area contributed by atoms with Crippen LogP contribution in [0.4, 0.5) is 0 Å². The van der Waals surface area contributed by atoms with Gasteiger partial charge in [-0.05, 0) is 52.5 Å². The molecule has 0 aromatic carbocycles. The SMILES string of the molecule is CC(C)N1CCCC(O)(C2(CN)CCCCCC2)CC1. The minimum atomic E-state index is -0.532. The average molecular weight is 282 g/mol. The molecule has 2 fully saturated rings. The summed E-state index contributed by atoms with van der Waals surface area (Å²) in [6.45, 7) is 7.32. The maximum atomic E-state index is 11.4. The highest BCUT2D eigenvalue weighted by Crippen LogP contribution is 2.47. The summed E-state index contributed by atoms with van der Waals surface area (Å²) in [4.78, 5) is 2.51. The summed E-state index contributed by atoms with van der Waals surface area (Å²) in [5.41, 5.74) is 5.65. The van der Waals surface area contributed by atoms with Gasteiger partial charge in [-0.15, -0.1) is 0 Å². The highest BCUT2D eigenvalue weighted by molar-refractivity contribution is 5.02. The van der Waals surface area contributed by atoms with Gasteiger partial charge in [0, 0.05) is 24.5 Å². The molecule has 0 radical (unpaired) electrons. The molecule has 2 aliphatic rings. The van der Waals surface area contributed by atoms with Crippen LogP contribution in [0.3, 0.4) is 0 Å². The lowest BCUT2D eigenvalue weighted by Gasteiger charge is -2.47. The third-order valence-corrected chi connectivity index (χ3v) is 6.02. The molecule has 0 aromatic rings. The van der Waals surface area contributed by atoms with Crippen molar-refractivity contribution >= 4 is 0 Å². The van der Waals surface area contributed by atoms with E-state index in [0.717, 1.165) is 45.2 Å². The summed E-state index contributed by atoms with van der Waals surface area (Å²) in [6.07, 6.45) is 10.3. The van der Waals surface area contributed by atoms with Crippen LogP contribution < -0.4 is 5.73 Å². The highest BCUT2D eigenvalue weighted by Gasteiger charge is 2.49. The summed E-state index contributed by atoms with van der Waals surface area (Å²) in [5.74, 6) is 0. The Morgan fingerprint density at radius 3 is 2.15 bits per heavy atom.